The van der Waals surface area contributed by atoms with E-state index in [9.17, 15) is 15.0 Å². The highest BCUT2D eigenvalue weighted by atomic mass is 16.8. The molecule has 138 valence electrons. The molecule has 5 nitrogen and oxygen atoms in total. The molecule has 2 spiro atoms. The fourth-order valence-corrected chi connectivity index (χ4v) is 7.57. The number of hydrogen-bond acceptors (Lipinski definition) is 5. The fraction of sp³-hybridized carbons (Fsp3) is 0.850. The average molecular weight is 348 g/mol. The summed E-state index contributed by atoms with van der Waals surface area (Å²) in [4.78, 5) is 13.1. The first kappa shape index (κ1) is 16.3. The van der Waals surface area contributed by atoms with Crippen LogP contribution in [0.3, 0.4) is 0 Å². The minimum atomic E-state index is -0.914. The Labute approximate surface area is 148 Å². The van der Waals surface area contributed by atoms with Crippen molar-refractivity contribution in [2.24, 2.45) is 34.0 Å². The number of ether oxygens (including phenoxy) is 2. The molecule has 0 radical (unpaired) electrons. The van der Waals surface area contributed by atoms with E-state index in [1.54, 1.807) is 0 Å². The Kier molecular flexibility index (Phi) is 3.04. The van der Waals surface area contributed by atoms with Crippen LogP contribution in [0.4, 0.5) is 0 Å². The summed E-state index contributed by atoms with van der Waals surface area (Å²) in [6.45, 7) is 8.46. The summed E-state index contributed by atoms with van der Waals surface area (Å²) in [7, 11) is 0. The maximum Gasteiger partial charge on any atom is 0.317 e. The van der Waals surface area contributed by atoms with E-state index in [0.717, 1.165) is 37.7 Å². The van der Waals surface area contributed by atoms with Gasteiger partial charge in [-0.15, -0.1) is 0 Å². The lowest BCUT2D eigenvalue weighted by molar-refractivity contribution is -0.269. The predicted molar refractivity (Wildman–Crippen MR) is 88.9 cm³/mol. The third kappa shape index (κ3) is 1.64. The van der Waals surface area contributed by atoms with Crippen molar-refractivity contribution in [3.8, 4) is 0 Å². The van der Waals surface area contributed by atoms with E-state index in [2.05, 4.69) is 20.4 Å². The van der Waals surface area contributed by atoms with Crippen molar-refractivity contribution in [2.75, 3.05) is 0 Å². The van der Waals surface area contributed by atoms with Crippen LogP contribution >= 0.6 is 0 Å². The first-order valence-corrected chi connectivity index (χ1v) is 9.66. The quantitative estimate of drug-likeness (QED) is 0.519. The molecule has 5 rings (SSSR count). The summed E-state index contributed by atoms with van der Waals surface area (Å²) >= 11 is 0. The lowest BCUT2D eigenvalue weighted by Crippen LogP contribution is -2.65. The summed E-state index contributed by atoms with van der Waals surface area (Å²) in [6.07, 6.45) is 2.95. The molecule has 2 saturated heterocycles. The highest BCUT2D eigenvalue weighted by Crippen LogP contribution is 2.73. The lowest BCUT2D eigenvalue weighted by atomic mass is 9.44. The molecule has 0 aromatic rings. The van der Waals surface area contributed by atoms with Crippen LogP contribution in [-0.2, 0) is 14.3 Å². The SMILES string of the molecule is C=C1[C@@H]2CC[C@@H]3[C@](C2)(C(=O)O[C@H]2O[C@@H](O)[C@@H]4C(C)(C)CCC[C@]243)[C@@H]1O. The van der Waals surface area contributed by atoms with Gasteiger partial charge in [-0.05, 0) is 54.9 Å². The number of rotatable bonds is 0. The van der Waals surface area contributed by atoms with Crippen molar-refractivity contribution in [1.82, 2.24) is 0 Å². The van der Waals surface area contributed by atoms with Crippen LogP contribution in [0.2, 0.25) is 0 Å². The molecule has 2 heterocycles. The first-order chi connectivity index (χ1) is 11.7. The molecule has 0 aromatic heterocycles. The number of carbonyl (C=O) groups excluding carboxylic acids is 1. The molecule has 2 bridgehead atoms. The Hall–Kier alpha value is -0.910. The number of esters is 1. The largest absolute Gasteiger partial charge is 0.434 e. The minimum Gasteiger partial charge on any atom is -0.434 e. The van der Waals surface area contributed by atoms with Gasteiger partial charge in [-0.25, -0.2) is 0 Å². The Morgan fingerprint density at radius 3 is 2.72 bits per heavy atom. The van der Waals surface area contributed by atoms with Crippen LogP contribution in [0, 0.1) is 34.0 Å². The first-order valence-electron chi connectivity index (χ1n) is 9.66. The highest BCUT2D eigenvalue weighted by molar-refractivity contribution is 5.81. The van der Waals surface area contributed by atoms with E-state index >= 15 is 0 Å². The average Bonchev–Trinajstić information content (AvgIpc) is 2.95. The molecular weight excluding hydrogens is 320 g/mol. The fourth-order valence-electron chi connectivity index (χ4n) is 7.57. The number of hydrogen-bond donors (Lipinski definition) is 2. The van der Waals surface area contributed by atoms with Gasteiger partial charge in [-0.1, -0.05) is 26.8 Å². The zero-order valence-electron chi connectivity index (χ0n) is 15.0. The normalized spacial score (nSPS) is 56.0. The van der Waals surface area contributed by atoms with E-state index in [4.69, 9.17) is 9.47 Å². The second-order valence-electron chi connectivity index (χ2n) is 9.74. The van der Waals surface area contributed by atoms with Gasteiger partial charge in [-0.2, -0.15) is 0 Å². The standard InChI is InChI=1S/C20H28O5/c1-10-11-5-6-12-19-8-4-7-18(2,3)13(19)15(22)24-17(19)25-16(23)20(12,9-11)14(10)21/h11-15,17,21-22H,1,4-9H2,2-3H3/t11-,12+,13-,14-,15-,17-,19-,20+/m1/s1. The molecule has 2 N–H and O–H groups in total. The molecule has 3 saturated carbocycles. The monoisotopic (exact) mass is 348 g/mol. The molecule has 0 aromatic carbocycles. The van der Waals surface area contributed by atoms with Crippen LogP contribution in [0.5, 0.6) is 0 Å². The van der Waals surface area contributed by atoms with E-state index in [0.29, 0.717) is 6.42 Å². The van der Waals surface area contributed by atoms with Gasteiger partial charge in [0, 0.05) is 11.3 Å². The molecule has 0 amide bonds. The Morgan fingerprint density at radius 2 is 1.96 bits per heavy atom. The second-order valence-corrected chi connectivity index (χ2v) is 9.74. The molecule has 5 heteroatoms. The third-order valence-electron chi connectivity index (χ3n) is 8.46. The molecular formula is C20H28O5. The molecule has 0 unspecified atom stereocenters. The van der Waals surface area contributed by atoms with Gasteiger partial charge in [0.05, 0.1) is 6.10 Å². The minimum absolute atomic E-state index is 0.0153. The van der Waals surface area contributed by atoms with Crippen molar-refractivity contribution in [3.05, 3.63) is 12.2 Å². The zero-order valence-corrected chi connectivity index (χ0v) is 15.0. The van der Waals surface area contributed by atoms with Crippen LogP contribution in [0.25, 0.3) is 0 Å². The molecule has 5 fully saturated rings. The Morgan fingerprint density at radius 1 is 1.20 bits per heavy atom. The molecule has 8 atom stereocenters. The van der Waals surface area contributed by atoms with Gasteiger partial charge >= 0.3 is 5.97 Å². The zero-order chi connectivity index (χ0) is 17.8. The van der Waals surface area contributed by atoms with Gasteiger partial charge in [0.25, 0.3) is 0 Å². The number of fused-ring (bicyclic) bond motifs is 1. The van der Waals surface area contributed by atoms with Crippen LogP contribution in [-0.4, -0.2) is 34.9 Å². The van der Waals surface area contributed by atoms with Crippen LogP contribution in [0.1, 0.15) is 52.4 Å². The van der Waals surface area contributed by atoms with Crippen molar-refractivity contribution in [2.45, 2.75) is 71.1 Å². The second kappa shape index (κ2) is 4.68. The van der Waals surface area contributed by atoms with Crippen molar-refractivity contribution in [3.63, 3.8) is 0 Å². The summed E-state index contributed by atoms with van der Waals surface area (Å²) in [5.74, 6) is -0.237. The van der Waals surface area contributed by atoms with Crippen LogP contribution in [0.15, 0.2) is 12.2 Å². The molecule has 5 aliphatic rings. The third-order valence-corrected chi connectivity index (χ3v) is 8.46. The Balaban J connectivity index is 1.70. The van der Waals surface area contributed by atoms with E-state index in [1.165, 1.54) is 0 Å². The number of aliphatic hydroxyl groups is 2. The molecule has 25 heavy (non-hydrogen) atoms. The summed E-state index contributed by atoms with van der Waals surface area (Å²) in [5.41, 5.74) is -0.587. The smallest absolute Gasteiger partial charge is 0.317 e. The van der Waals surface area contributed by atoms with E-state index in [1.807, 2.05) is 0 Å². The number of carbonyl (C=O) groups is 1. The summed E-state index contributed by atoms with van der Waals surface area (Å²) in [6, 6.07) is 0. The maximum atomic E-state index is 13.1. The Bertz CT molecular complexity index is 656. The lowest BCUT2D eigenvalue weighted by Gasteiger charge is -2.60. The topological polar surface area (TPSA) is 76.0 Å². The summed E-state index contributed by atoms with van der Waals surface area (Å²) in [5, 5.41) is 21.8. The van der Waals surface area contributed by atoms with Crippen molar-refractivity contribution >= 4 is 5.97 Å². The number of aliphatic hydroxyl groups excluding tert-OH is 2. The van der Waals surface area contributed by atoms with E-state index in [-0.39, 0.29) is 29.1 Å². The highest BCUT2D eigenvalue weighted by Gasteiger charge is 2.77. The van der Waals surface area contributed by atoms with Gasteiger partial charge in [0.2, 0.25) is 6.29 Å². The van der Waals surface area contributed by atoms with Gasteiger partial charge in [0.15, 0.2) is 6.29 Å². The van der Waals surface area contributed by atoms with Gasteiger partial charge in [0.1, 0.15) is 5.41 Å². The predicted octanol–water partition coefficient (Wildman–Crippen LogP) is 2.36. The maximum absolute atomic E-state index is 13.1. The molecule has 3 aliphatic carbocycles. The van der Waals surface area contributed by atoms with Crippen molar-refractivity contribution in [1.29, 1.82) is 0 Å². The van der Waals surface area contributed by atoms with Gasteiger partial charge in [-0.3, -0.25) is 4.79 Å². The molecule has 2 aliphatic heterocycles. The summed E-state index contributed by atoms with van der Waals surface area (Å²) < 4.78 is 11.7. The van der Waals surface area contributed by atoms with Crippen LogP contribution < -0.4 is 0 Å². The van der Waals surface area contributed by atoms with Crippen molar-refractivity contribution < 1.29 is 24.5 Å². The van der Waals surface area contributed by atoms with E-state index < -0.39 is 29.5 Å². The van der Waals surface area contributed by atoms with Gasteiger partial charge < -0.3 is 19.7 Å².